The highest BCUT2D eigenvalue weighted by Crippen LogP contribution is 2.49. The topological polar surface area (TPSA) is 32.7 Å². The van der Waals surface area contributed by atoms with Crippen LogP contribution in [0.25, 0.3) is 5.57 Å². The summed E-state index contributed by atoms with van der Waals surface area (Å²) in [6, 6.07) is 8.94. The molecule has 0 amide bonds. The van der Waals surface area contributed by atoms with Crippen molar-refractivity contribution >= 4 is 5.57 Å². The van der Waals surface area contributed by atoms with Crippen molar-refractivity contribution in [1.29, 1.82) is 0 Å². The molecule has 2 aliphatic rings. The molecule has 1 heterocycles. The molecule has 1 aromatic carbocycles. The van der Waals surface area contributed by atoms with Crippen LogP contribution >= 0.6 is 0 Å². The second-order valence-electron chi connectivity index (χ2n) is 7.37. The minimum Gasteiger partial charge on any atom is -0.394 e. The van der Waals surface area contributed by atoms with Gasteiger partial charge in [-0.2, -0.15) is 0 Å². The van der Waals surface area contributed by atoms with E-state index < -0.39 is 0 Å². The lowest BCUT2D eigenvalue weighted by atomic mass is 9.80. The average Bonchev–Trinajstić information content (AvgIpc) is 2.82. The van der Waals surface area contributed by atoms with E-state index in [-0.39, 0.29) is 12.0 Å². The zero-order valence-corrected chi connectivity index (χ0v) is 14.5. The van der Waals surface area contributed by atoms with Gasteiger partial charge in [0, 0.05) is 19.6 Å². The largest absolute Gasteiger partial charge is 0.394 e. The summed E-state index contributed by atoms with van der Waals surface area (Å²) in [5.41, 5.74) is 6.55. The van der Waals surface area contributed by atoms with Gasteiger partial charge in [-0.15, -0.1) is 0 Å². The minimum absolute atomic E-state index is 0.116. The SMILES string of the molecule is CC1(C)Cc2ccccc2C1=C1CCN(CCOCCO)CC1. The van der Waals surface area contributed by atoms with E-state index in [4.69, 9.17) is 9.84 Å². The van der Waals surface area contributed by atoms with E-state index in [0.717, 1.165) is 26.2 Å². The van der Waals surface area contributed by atoms with Gasteiger partial charge in [0.2, 0.25) is 0 Å². The maximum atomic E-state index is 8.74. The van der Waals surface area contributed by atoms with Gasteiger partial charge >= 0.3 is 0 Å². The van der Waals surface area contributed by atoms with Crippen LogP contribution in [0.3, 0.4) is 0 Å². The number of benzene rings is 1. The Kier molecular flexibility index (Phi) is 5.20. The molecule has 0 bridgehead atoms. The highest BCUT2D eigenvalue weighted by molar-refractivity contribution is 5.79. The molecule has 1 aromatic rings. The molecule has 3 rings (SSSR count). The van der Waals surface area contributed by atoms with Crippen molar-refractivity contribution in [2.24, 2.45) is 5.41 Å². The van der Waals surface area contributed by atoms with Crippen LogP contribution in [-0.2, 0) is 11.2 Å². The highest BCUT2D eigenvalue weighted by atomic mass is 16.5. The van der Waals surface area contributed by atoms with E-state index in [1.807, 2.05) is 0 Å². The molecule has 3 heteroatoms. The van der Waals surface area contributed by atoms with Gasteiger partial charge in [-0.25, -0.2) is 0 Å². The standard InChI is InChI=1S/C20H29NO2/c1-20(2)15-17-5-3-4-6-18(17)19(20)16-7-9-21(10-8-16)11-13-23-14-12-22/h3-6,22H,7-15H2,1-2H3. The number of nitrogens with zero attached hydrogens (tertiary/aromatic N) is 1. The van der Waals surface area contributed by atoms with Crippen LogP contribution in [0.4, 0.5) is 0 Å². The van der Waals surface area contributed by atoms with E-state index in [2.05, 4.69) is 43.0 Å². The van der Waals surface area contributed by atoms with E-state index >= 15 is 0 Å². The number of aliphatic hydroxyl groups is 1. The van der Waals surface area contributed by atoms with Gasteiger partial charge in [0.15, 0.2) is 0 Å². The maximum absolute atomic E-state index is 8.74. The number of hydrogen-bond acceptors (Lipinski definition) is 3. The molecule has 0 saturated carbocycles. The molecule has 1 fully saturated rings. The Labute approximate surface area is 140 Å². The summed E-state index contributed by atoms with van der Waals surface area (Å²) in [6.45, 7) is 9.30. The predicted molar refractivity (Wildman–Crippen MR) is 94.4 cm³/mol. The lowest BCUT2D eigenvalue weighted by Gasteiger charge is -2.32. The number of fused-ring (bicyclic) bond motifs is 1. The zero-order valence-electron chi connectivity index (χ0n) is 14.5. The number of hydrogen-bond donors (Lipinski definition) is 1. The molecule has 1 saturated heterocycles. The molecule has 126 valence electrons. The van der Waals surface area contributed by atoms with E-state index in [1.54, 1.807) is 11.1 Å². The lowest BCUT2D eigenvalue weighted by molar-refractivity contribution is 0.0720. The van der Waals surface area contributed by atoms with Crippen LogP contribution in [0.15, 0.2) is 29.8 Å². The third-order valence-corrected chi connectivity index (χ3v) is 5.20. The van der Waals surface area contributed by atoms with Crippen LogP contribution in [0.5, 0.6) is 0 Å². The molecule has 1 aliphatic heterocycles. The second kappa shape index (κ2) is 7.16. The summed E-state index contributed by atoms with van der Waals surface area (Å²) in [6.07, 6.45) is 3.51. The first-order valence-electron chi connectivity index (χ1n) is 8.83. The van der Waals surface area contributed by atoms with Crippen LogP contribution < -0.4 is 0 Å². The summed E-state index contributed by atoms with van der Waals surface area (Å²) in [7, 11) is 0. The van der Waals surface area contributed by atoms with Gasteiger partial charge in [0.25, 0.3) is 0 Å². The normalized spacial score (nSPS) is 20.8. The Morgan fingerprint density at radius 1 is 1.13 bits per heavy atom. The quantitative estimate of drug-likeness (QED) is 0.848. The zero-order chi connectivity index (χ0) is 16.3. The summed E-state index contributed by atoms with van der Waals surface area (Å²) in [4.78, 5) is 2.48. The number of likely N-dealkylation sites (tertiary alicyclic amines) is 1. The molecule has 1 N–H and O–H groups in total. The van der Waals surface area contributed by atoms with E-state index in [0.29, 0.717) is 6.61 Å². The summed E-state index contributed by atoms with van der Waals surface area (Å²) in [5.74, 6) is 0. The smallest absolute Gasteiger partial charge is 0.0698 e. The molecule has 3 nitrogen and oxygen atoms in total. The Morgan fingerprint density at radius 2 is 1.87 bits per heavy atom. The molecular weight excluding hydrogens is 286 g/mol. The lowest BCUT2D eigenvalue weighted by Crippen LogP contribution is -2.34. The Balaban J connectivity index is 1.67. The maximum Gasteiger partial charge on any atom is 0.0698 e. The van der Waals surface area contributed by atoms with E-state index in [9.17, 15) is 0 Å². The van der Waals surface area contributed by atoms with Crippen molar-refractivity contribution in [3.8, 4) is 0 Å². The van der Waals surface area contributed by atoms with Gasteiger partial charge in [0.05, 0.1) is 19.8 Å². The first-order chi connectivity index (χ1) is 11.1. The van der Waals surface area contributed by atoms with Gasteiger partial charge in [-0.3, -0.25) is 0 Å². The Hall–Kier alpha value is -1.16. The average molecular weight is 315 g/mol. The van der Waals surface area contributed by atoms with Gasteiger partial charge in [0.1, 0.15) is 0 Å². The van der Waals surface area contributed by atoms with Crippen molar-refractivity contribution < 1.29 is 9.84 Å². The minimum atomic E-state index is 0.116. The fraction of sp³-hybridized carbons (Fsp3) is 0.600. The molecule has 0 aromatic heterocycles. The molecular formula is C20H29NO2. The number of ether oxygens (including phenoxy) is 1. The van der Waals surface area contributed by atoms with Crippen LogP contribution in [0, 0.1) is 5.41 Å². The Bertz CT molecular complexity index is 567. The molecule has 23 heavy (non-hydrogen) atoms. The third kappa shape index (κ3) is 3.68. The third-order valence-electron chi connectivity index (χ3n) is 5.20. The first kappa shape index (κ1) is 16.7. The fourth-order valence-corrected chi connectivity index (χ4v) is 4.17. The van der Waals surface area contributed by atoms with E-state index in [1.165, 1.54) is 30.4 Å². The van der Waals surface area contributed by atoms with Crippen LogP contribution in [0.1, 0.15) is 37.8 Å². The molecule has 0 spiro atoms. The van der Waals surface area contributed by atoms with Crippen molar-refractivity contribution in [1.82, 2.24) is 4.90 Å². The monoisotopic (exact) mass is 315 g/mol. The molecule has 1 aliphatic carbocycles. The van der Waals surface area contributed by atoms with Crippen molar-refractivity contribution in [3.63, 3.8) is 0 Å². The Morgan fingerprint density at radius 3 is 2.61 bits per heavy atom. The summed E-state index contributed by atoms with van der Waals surface area (Å²) in [5, 5.41) is 8.74. The molecule has 0 radical (unpaired) electrons. The predicted octanol–water partition coefficient (Wildman–Crippen LogP) is 3.13. The second-order valence-corrected chi connectivity index (χ2v) is 7.37. The number of aliphatic hydroxyl groups excluding tert-OH is 1. The molecule has 0 unspecified atom stereocenters. The first-order valence-corrected chi connectivity index (χ1v) is 8.83. The van der Waals surface area contributed by atoms with Gasteiger partial charge in [-0.1, -0.05) is 43.7 Å². The number of rotatable bonds is 5. The van der Waals surface area contributed by atoms with Gasteiger partial charge in [-0.05, 0) is 41.4 Å². The van der Waals surface area contributed by atoms with Crippen molar-refractivity contribution in [2.75, 3.05) is 39.5 Å². The number of allylic oxidation sites excluding steroid dienone is 1. The highest BCUT2D eigenvalue weighted by Gasteiger charge is 2.35. The van der Waals surface area contributed by atoms with Crippen molar-refractivity contribution in [2.45, 2.75) is 33.1 Å². The van der Waals surface area contributed by atoms with Gasteiger partial charge < -0.3 is 14.7 Å². The number of piperidine rings is 1. The summed E-state index contributed by atoms with van der Waals surface area (Å²) < 4.78 is 5.39. The summed E-state index contributed by atoms with van der Waals surface area (Å²) >= 11 is 0. The van der Waals surface area contributed by atoms with Crippen LogP contribution in [-0.4, -0.2) is 49.5 Å². The van der Waals surface area contributed by atoms with Crippen LogP contribution in [0.2, 0.25) is 0 Å². The molecule has 0 atom stereocenters. The fourth-order valence-electron chi connectivity index (χ4n) is 4.17. The van der Waals surface area contributed by atoms with Crippen molar-refractivity contribution in [3.05, 3.63) is 41.0 Å².